The zero-order chi connectivity index (χ0) is 15.0. The number of carbonyl (C=O) groups is 1. The molecule has 0 aromatic carbocycles. The molecular formula is C14H21N3O4. The average Bonchev–Trinajstić information content (AvgIpc) is 2.98. The Bertz CT molecular complexity index is 502. The third kappa shape index (κ3) is 3.09. The Hall–Kier alpha value is -1.44. The van der Waals surface area contributed by atoms with Crippen molar-refractivity contribution in [3.8, 4) is 0 Å². The molecule has 0 saturated carbocycles. The fraction of sp³-hybridized carbons (Fsp3) is 0.714. The van der Waals surface area contributed by atoms with Gasteiger partial charge in [-0.3, -0.25) is 9.48 Å². The van der Waals surface area contributed by atoms with Crippen LogP contribution in [0.1, 0.15) is 20.8 Å². The summed E-state index contributed by atoms with van der Waals surface area (Å²) in [5.74, 6) is -0.775. The lowest BCUT2D eigenvalue weighted by Gasteiger charge is -2.37. The number of nitrogens with zero attached hydrogens (tertiary/aromatic N) is 2. The van der Waals surface area contributed by atoms with Gasteiger partial charge in [0.2, 0.25) is 5.91 Å². The Morgan fingerprint density at radius 2 is 2.19 bits per heavy atom. The van der Waals surface area contributed by atoms with E-state index in [-0.39, 0.29) is 30.3 Å². The molecule has 3 rings (SSSR count). The molecule has 7 heteroatoms. The number of ether oxygens (including phenoxy) is 3. The molecule has 1 N–H and O–H groups in total. The van der Waals surface area contributed by atoms with Gasteiger partial charge in [0.15, 0.2) is 5.79 Å². The maximum Gasteiger partial charge on any atom is 0.217 e. The summed E-state index contributed by atoms with van der Waals surface area (Å²) < 4.78 is 19.7. The van der Waals surface area contributed by atoms with Gasteiger partial charge in [0.25, 0.3) is 0 Å². The number of nitrogens with one attached hydrogen (secondary N) is 1. The Balaban J connectivity index is 1.75. The van der Waals surface area contributed by atoms with Crippen molar-refractivity contribution in [2.45, 2.75) is 57.5 Å². The Kier molecular flexibility index (Phi) is 3.73. The van der Waals surface area contributed by atoms with Crippen LogP contribution in [-0.4, -0.2) is 52.4 Å². The van der Waals surface area contributed by atoms with Crippen molar-refractivity contribution < 1.29 is 19.0 Å². The lowest BCUT2D eigenvalue weighted by molar-refractivity contribution is -0.155. The fourth-order valence-corrected chi connectivity index (χ4v) is 2.97. The van der Waals surface area contributed by atoms with Crippen molar-refractivity contribution in [1.29, 1.82) is 0 Å². The molecule has 0 radical (unpaired) electrons. The van der Waals surface area contributed by atoms with Crippen LogP contribution >= 0.6 is 0 Å². The van der Waals surface area contributed by atoms with E-state index in [0.29, 0.717) is 13.2 Å². The molecule has 0 unspecified atom stereocenters. The molecule has 2 fully saturated rings. The number of fused-ring (bicyclic) bond motifs is 1. The van der Waals surface area contributed by atoms with Gasteiger partial charge < -0.3 is 19.5 Å². The zero-order valence-electron chi connectivity index (χ0n) is 12.5. The van der Waals surface area contributed by atoms with Crippen LogP contribution in [0.15, 0.2) is 18.5 Å². The van der Waals surface area contributed by atoms with Crippen LogP contribution in [0.25, 0.3) is 0 Å². The molecule has 4 atom stereocenters. The van der Waals surface area contributed by atoms with Gasteiger partial charge in [0.05, 0.1) is 19.2 Å². The van der Waals surface area contributed by atoms with Crippen LogP contribution in [0.2, 0.25) is 0 Å². The second kappa shape index (κ2) is 5.40. The molecule has 2 saturated heterocycles. The van der Waals surface area contributed by atoms with Gasteiger partial charge in [-0.1, -0.05) is 0 Å². The molecule has 2 aliphatic heterocycles. The number of hydrogen-bond acceptors (Lipinski definition) is 5. The molecule has 1 aromatic heterocycles. The Labute approximate surface area is 123 Å². The first kappa shape index (κ1) is 14.5. The SMILES string of the molecule is CC(=O)N[C@H]1CO[C@H](Cn2cccn2)[C@@H]2OC(C)(C)O[C@@H]21. The largest absolute Gasteiger partial charge is 0.371 e. The first-order valence-electron chi connectivity index (χ1n) is 7.16. The molecule has 0 bridgehead atoms. The van der Waals surface area contributed by atoms with E-state index in [1.165, 1.54) is 6.92 Å². The highest BCUT2D eigenvalue weighted by atomic mass is 16.8. The normalized spacial score (nSPS) is 34.4. The standard InChI is InChI=1S/C14H21N3O4/c1-9(18)16-10-8-19-11(7-17-6-4-5-15-17)13-12(10)20-14(2,3)21-13/h4-6,10-13H,7-8H2,1-3H3,(H,16,18)/t10-,11+,12+,13-/m0/s1. The van der Waals surface area contributed by atoms with Crippen LogP contribution in [0.4, 0.5) is 0 Å². The minimum atomic E-state index is -0.678. The van der Waals surface area contributed by atoms with Gasteiger partial charge in [0.1, 0.15) is 18.3 Å². The number of amides is 1. The van der Waals surface area contributed by atoms with Crippen LogP contribution in [-0.2, 0) is 25.5 Å². The van der Waals surface area contributed by atoms with Gasteiger partial charge in [-0.2, -0.15) is 5.10 Å². The number of carbonyl (C=O) groups excluding carboxylic acids is 1. The smallest absolute Gasteiger partial charge is 0.217 e. The van der Waals surface area contributed by atoms with E-state index >= 15 is 0 Å². The van der Waals surface area contributed by atoms with E-state index in [1.54, 1.807) is 6.20 Å². The zero-order valence-corrected chi connectivity index (χ0v) is 12.5. The molecule has 3 heterocycles. The van der Waals surface area contributed by atoms with Crippen molar-refractivity contribution in [1.82, 2.24) is 15.1 Å². The summed E-state index contributed by atoms with van der Waals surface area (Å²) in [5, 5.41) is 7.08. The molecule has 2 aliphatic rings. The molecule has 21 heavy (non-hydrogen) atoms. The van der Waals surface area contributed by atoms with Gasteiger partial charge >= 0.3 is 0 Å². The van der Waals surface area contributed by atoms with Gasteiger partial charge in [0, 0.05) is 19.3 Å². The van der Waals surface area contributed by atoms with Gasteiger partial charge in [-0.05, 0) is 19.9 Å². The third-order valence-electron chi connectivity index (χ3n) is 3.73. The second-order valence-corrected chi connectivity index (χ2v) is 5.97. The van der Waals surface area contributed by atoms with E-state index in [9.17, 15) is 4.79 Å². The molecule has 7 nitrogen and oxygen atoms in total. The third-order valence-corrected chi connectivity index (χ3v) is 3.73. The van der Waals surface area contributed by atoms with E-state index in [2.05, 4.69) is 10.4 Å². The van der Waals surface area contributed by atoms with E-state index in [4.69, 9.17) is 14.2 Å². The van der Waals surface area contributed by atoms with Gasteiger partial charge in [-0.25, -0.2) is 0 Å². The monoisotopic (exact) mass is 295 g/mol. The first-order chi connectivity index (χ1) is 9.94. The summed E-state index contributed by atoms with van der Waals surface area (Å²) in [6.45, 7) is 6.25. The summed E-state index contributed by atoms with van der Waals surface area (Å²) in [6, 6.07) is 1.68. The van der Waals surface area contributed by atoms with E-state index in [1.807, 2.05) is 30.8 Å². The summed E-state index contributed by atoms with van der Waals surface area (Å²) in [7, 11) is 0. The maximum absolute atomic E-state index is 11.3. The highest BCUT2D eigenvalue weighted by molar-refractivity contribution is 5.73. The minimum Gasteiger partial charge on any atom is -0.371 e. The van der Waals surface area contributed by atoms with Crippen molar-refractivity contribution in [2.24, 2.45) is 0 Å². The van der Waals surface area contributed by atoms with Crippen LogP contribution in [0.3, 0.4) is 0 Å². The van der Waals surface area contributed by atoms with E-state index < -0.39 is 5.79 Å². The maximum atomic E-state index is 11.3. The predicted octanol–water partition coefficient (Wildman–Crippen LogP) is 0.307. The van der Waals surface area contributed by atoms with Crippen molar-refractivity contribution in [3.63, 3.8) is 0 Å². The van der Waals surface area contributed by atoms with Crippen molar-refractivity contribution >= 4 is 5.91 Å². The Morgan fingerprint density at radius 3 is 2.86 bits per heavy atom. The molecular weight excluding hydrogens is 274 g/mol. The second-order valence-electron chi connectivity index (χ2n) is 5.97. The molecule has 116 valence electrons. The molecule has 0 spiro atoms. The lowest BCUT2D eigenvalue weighted by Crippen LogP contribution is -2.58. The minimum absolute atomic E-state index is 0.0961. The average molecular weight is 295 g/mol. The van der Waals surface area contributed by atoms with Crippen LogP contribution < -0.4 is 5.32 Å². The summed E-state index contributed by atoms with van der Waals surface area (Å²) in [6.07, 6.45) is 3.03. The van der Waals surface area contributed by atoms with E-state index in [0.717, 1.165) is 0 Å². The summed E-state index contributed by atoms with van der Waals surface area (Å²) in [4.78, 5) is 11.3. The quantitative estimate of drug-likeness (QED) is 0.868. The van der Waals surface area contributed by atoms with Crippen LogP contribution in [0.5, 0.6) is 0 Å². The number of rotatable bonds is 3. The topological polar surface area (TPSA) is 74.6 Å². The molecule has 1 aromatic rings. The summed E-state index contributed by atoms with van der Waals surface area (Å²) in [5.41, 5.74) is 0. The molecule has 0 aliphatic carbocycles. The summed E-state index contributed by atoms with van der Waals surface area (Å²) >= 11 is 0. The number of aromatic nitrogens is 2. The number of hydrogen-bond donors (Lipinski definition) is 1. The lowest BCUT2D eigenvalue weighted by atomic mass is 9.98. The van der Waals surface area contributed by atoms with Crippen molar-refractivity contribution in [3.05, 3.63) is 18.5 Å². The first-order valence-corrected chi connectivity index (χ1v) is 7.16. The fourth-order valence-electron chi connectivity index (χ4n) is 2.97. The van der Waals surface area contributed by atoms with Gasteiger partial charge in [-0.15, -0.1) is 0 Å². The van der Waals surface area contributed by atoms with Crippen LogP contribution in [0, 0.1) is 0 Å². The Morgan fingerprint density at radius 1 is 1.43 bits per heavy atom. The highest BCUT2D eigenvalue weighted by Crippen LogP contribution is 2.35. The van der Waals surface area contributed by atoms with Crippen molar-refractivity contribution in [2.75, 3.05) is 6.61 Å². The highest BCUT2D eigenvalue weighted by Gasteiger charge is 2.52. The predicted molar refractivity (Wildman–Crippen MR) is 73.4 cm³/mol. The molecule has 1 amide bonds.